The van der Waals surface area contributed by atoms with Crippen LogP contribution in [0.3, 0.4) is 0 Å². The van der Waals surface area contributed by atoms with Crippen LogP contribution < -0.4 is 10.6 Å². The highest BCUT2D eigenvalue weighted by atomic mass is 16.3. The SMILES string of the molecule is C=CC.CC.CC=C(C)C.CNC.Cn1cc2cc(-c3ccc4nc(C5=CC6(CC6)NCC5)ncc4n3)c(O)cc2n1. The number of aromatic hydroxyl groups is 1. The number of phenolic OH excluding ortho intramolecular Hbond substituents is 1. The van der Waals surface area contributed by atoms with E-state index < -0.39 is 0 Å². The first-order chi connectivity index (χ1) is 20.2. The van der Waals surface area contributed by atoms with Crippen molar-refractivity contribution in [2.75, 3.05) is 20.6 Å². The van der Waals surface area contributed by atoms with E-state index in [4.69, 9.17) is 9.97 Å². The van der Waals surface area contributed by atoms with E-state index in [1.54, 1.807) is 23.0 Å². The third-order valence-corrected chi connectivity index (χ3v) is 6.43. The van der Waals surface area contributed by atoms with Crippen LogP contribution in [0, 0.1) is 0 Å². The van der Waals surface area contributed by atoms with Crippen LogP contribution in [0.2, 0.25) is 0 Å². The highest BCUT2D eigenvalue weighted by Crippen LogP contribution is 2.41. The van der Waals surface area contributed by atoms with Crippen molar-refractivity contribution in [2.45, 2.75) is 66.3 Å². The van der Waals surface area contributed by atoms with Gasteiger partial charge in [0.25, 0.3) is 0 Å². The third-order valence-electron chi connectivity index (χ3n) is 6.43. The molecule has 1 spiro atoms. The molecule has 0 bridgehead atoms. The number of rotatable bonds is 2. The second-order valence-electron chi connectivity index (χ2n) is 10.3. The summed E-state index contributed by atoms with van der Waals surface area (Å²) in [5, 5.41) is 22.1. The van der Waals surface area contributed by atoms with Crippen molar-refractivity contribution < 1.29 is 5.11 Å². The molecule has 0 unspecified atom stereocenters. The van der Waals surface area contributed by atoms with Crippen LogP contribution in [0.1, 0.15) is 66.6 Å². The molecule has 3 aromatic heterocycles. The van der Waals surface area contributed by atoms with Crippen molar-refractivity contribution in [3.63, 3.8) is 0 Å². The summed E-state index contributed by atoms with van der Waals surface area (Å²) in [5.41, 5.74) is 6.43. The van der Waals surface area contributed by atoms with Gasteiger partial charge in [0.05, 0.1) is 22.9 Å². The van der Waals surface area contributed by atoms with Crippen molar-refractivity contribution >= 4 is 27.5 Å². The van der Waals surface area contributed by atoms with E-state index in [-0.39, 0.29) is 11.3 Å². The summed E-state index contributed by atoms with van der Waals surface area (Å²) in [6.45, 7) is 16.4. The Morgan fingerprint density at radius 2 is 1.71 bits per heavy atom. The summed E-state index contributed by atoms with van der Waals surface area (Å²) in [6.07, 6.45) is 13.2. The summed E-state index contributed by atoms with van der Waals surface area (Å²) in [6, 6.07) is 7.43. The fourth-order valence-electron chi connectivity index (χ4n) is 4.15. The van der Waals surface area contributed by atoms with Crippen LogP contribution >= 0.6 is 0 Å². The van der Waals surface area contributed by atoms with Gasteiger partial charge in [0.15, 0.2) is 5.82 Å². The molecule has 4 heterocycles. The molecular weight excluding hydrogens is 522 g/mol. The molecule has 1 aromatic carbocycles. The van der Waals surface area contributed by atoms with E-state index in [0.717, 1.165) is 35.2 Å². The van der Waals surface area contributed by atoms with Gasteiger partial charge >= 0.3 is 0 Å². The van der Waals surface area contributed by atoms with Crippen molar-refractivity contribution in [2.24, 2.45) is 7.05 Å². The Balaban J connectivity index is 0.000000409. The molecule has 2 aliphatic rings. The van der Waals surface area contributed by atoms with Crippen molar-refractivity contribution in [3.05, 3.63) is 72.9 Å². The van der Waals surface area contributed by atoms with Crippen molar-refractivity contribution in [3.8, 4) is 17.0 Å². The molecule has 1 fully saturated rings. The van der Waals surface area contributed by atoms with Crippen LogP contribution in [0.5, 0.6) is 5.75 Å². The van der Waals surface area contributed by atoms with Crippen molar-refractivity contribution in [1.29, 1.82) is 0 Å². The molecule has 0 radical (unpaired) electrons. The van der Waals surface area contributed by atoms with E-state index in [1.807, 2.05) is 73.2 Å². The Kier molecular flexibility index (Phi) is 13.5. The topological polar surface area (TPSA) is 101 Å². The molecule has 6 rings (SSSR count). The quantitative estimate of drug-likeness (QED) is 0.218. The number of pyridine rings is 1. The smallest absolute Gasteiger partial charge is 0.155 e. The lowest BCUT2D eigenvalue weighted by molar-refractivity contribution is 0.478. The number of nitrogens with one attached hydrogen (secondary N) is 2. The maximum atomic E-state index is 10.5. The normalized spacial score (nSPS) is 14.0. The first-order valence-electron chi connectivity index (χ1n) is 14.7. The number of fused-ring (bicyclic) bond motifs is 2. The maximum absolute atomic E-state index is 10.5. The predicted octanol–water partition coefficient (Wildman–Crippen LogP) is 7.22. The number of hydrogen-bond acceptors (Lipinski definition) is 7. The average Bonchev–Trinajstić information content (AvgIpc) is 3.62. The summed E-state index contributed by atoms with van der Waals surface area (Å²) >= 11 is 0. The number of nitrogens with zero attached hydrogens (tertiary/aromatic N) is 5. The van der Waals surface area contributed by atoms with E-state index >= 15 is 0 Å². The fourth-order valence-corrected chi connectivity index (χ4v) is 4.15. The molecular formula is C34H49N7O. The lowest BCUT2D eigenvalue weighted by atomic mass is 10.0. The minimum absolute atomic E-state index is 0.162. The largest absolute Gasteiger partial charge is 0.507 e. The molecule has 42 heavy (non-hydrogen) atoms. The molecule has 8 nitrogen and oxygen atoms in total. The Morgan fingerprint density at radius 1 is 1.07 bits per heavy atom. The van der Waals surface area contributed by atoms with Gasteiger partial charge in [0, 0.05) is 42.3 Å². The minimum Gasteiger partial charge on any atom is -0.507 e. The van der Waals surface area contributed by atoms with E-state index in [2.05, 4.69) is 53.3 Å². The lowest BCUT2D eigenvalue weighted by Crippen LogP contribution is -2.34. The zero-order valence-corrected chi connectivity index (χ0v) is 26.9. The summed E-state index contributed by atoms with van der Waals surface area (Å²) in [4.78, 5) is 14.0. The summed E-state index contributed by atoms with van der Waals surface area (Å²) in [7, 11) is 5.61. The van der Waals surface area contributed by atoms with E-state index in [1.165, 1.54) is 24.0 Å². The number of allylic oxidation sites excluding steroid dienone is 3. The van der Waals surface area contributed by atoms with Crippen LogP contribution in [-0.4, -0.2) is 56.0 Å². The number of phenols is 1. The Labute approximate surface area is 251 Å². The standard InChI is InChI=1S/C22H20N6O.C5H10.C3H6.C2H7N.C2H6/c1-28-12-14-8-15(20(29)9-18(14)27-28)16-2-3-17-19(25-16)11-23-21(26-17)13-4-7-24-22(10-13)5-6-22;1-4-5(2)3;2*1-3-2;1-2/h2-3,8-12,24,29H,4-7H2,1H3;4H,1-3H3;3H,1H2,2H3;3H,1-2H3;1-2H3. The summed E-state index contributed by atoms with van der Waals surface area (Å²) in [5.74, 6) is 0.953. The van der Waals surface area contributed by atoms with Gasteiger partial charge in [-0.25, -0.2) is 15.0 Å². The van der Waals surface area contributed by atoms with E-state index in [9.17, 15) is 5.11 Å². The molecule has 1 saturated carbocycles. The minimum atomic E-state index is 0.162. The molecule has 0 amide bonds. The third kappa shape index (κ3) is 9.33. The van der Waals surface area contributed by atoms with Gasteiger partial charge in [-0.15, -0.1) is 6.58 Å². The number of benzene rings is 1. The van der Waals surface area contributed by atoms with Gasteiger partial charge in [0.1, 0.15) is 11.3 Å². The van der Waals surface area contributed by atoms with Crippen molar-refractivity contribution in [1.82, 2.24) is 35.4 Å². The van der Waals surface area contributed by atoms with Gasteiger partial charge in [-0.3, -0.25) is 4.68 Å². The average molecular weight is 572 g/mol. The molecule has 0 saturated heterocycles. The molecule has 226 valence electrons. The second-order valence-corrected chi connectivity index (χ2v) is 10.3. The van der Waals surface area contributed by atoms with Gasteiger partial charge in [-0.1, -0.05) is 37.6 Å². The molecule has 1 aliphatic carbocycles. The first kappa shape index (κ1) is 34.3. The van der Waals surface area contributed by atoms with Crippen LogP contribution in [0.15, 0.2) is 67.0 Å². The number of hydrogen-bond donors (Lipinski definition) is 3. The van der Waals surface area contributed by atoms with Gasteiger partial charge < -0.3 is 15.7 Å². The highest BCUT2D eigenvalue weighted by Gasteiger charge is 2.42. The van der Waals surface area contributed by atoms with Crippen LogP contribution in [0.25, 0.3) is 38.8 Å². The van der Waals surface area contributed by atoms with Gasteiger partial charge in [0.2, 0.25) is 0 Å². The number of aromatic nitrogens is 5. The molecule has 8 heteroatoms. The number of aryl methyl sites for hydroxylation is 1. The first-order valence-corrected chi connectivity index (χ1v) is 14.7. The molecule has 3 N–H and O–H groups in total. The molecule has 4 aromatic rings. The molecule has 0 atom stereocenters. The van der Waals surface area contributed by atoms with Gasteiger partial charge in [-0.2, -0.15) is 5.10 Å². The van der Waals surface area contributed by atoms with Crippen LogP contribution in [0.4, 0.5) is 0 Å². The zero-order chi connectivity index (χ0) is 31.3. The second kappa shape index (κ2) is 16.5. The maximum Gasteiger partial charge on any atom is 0.155 e. The Hall–Kier alpha value is -3.88. The predicted molar refractivity (Wildman–Crippen MR) is 179 cm³/mol. The fraction of sp³-hybridized carbons (Fsp3) is 0.412. The lowest BCUT2D eigenvalue weighted by Gasteiger charge is -2.21. The van der Waals surface area contributed by atoms with E-state index in [0.29, 0.717) is 16.8 Å². The van der Waals surface area contributed by atoms with Gasteiger partial charge in [-0.05, 0) is 84.8 Å². The Morgan fingerprint density at radius 3 is 2.31 bits per heavy atom. The van der Waals surface area contributed by atoms with Crippen LogP contribution in [-0.2, 0) is 7.05 Å². The summed E-state index contributed by atoms with van der Waals surface area (Å²) < 4.78 is 1.73. The molecule has 1 aliphatic heterocycles. The monoisotopic (exact) mass is 571 g/mol. The highest BCUT2D eigenvalue weighted by molar-refractivity contribution is 5.88. The zero-order valence-electron chi connectivity index (χ0n) is 26.9. The Bertz CT molecular complexity index is 1510.